The van der Waals surface area contributed by atoms with E-state index in [1.807, 2.05) is 30.3 Å². The van der Waals surface area contributed by atoms with Crippen LogP contribution in [0.1, 0.15) is 18.9 Å². The fourth-order valence-electron chi connectivity index (χ4n) is 2.22. The zero-order valence-corrected chi connectivity index (χ0v) is 13.7. The lowest BCUT2D eigenvalue weighted by atomic mass is 9.92. The molecule has 0 heterocycles. The third kappa shape index (κ3) is 4.84. The number of halogens is 2. The number of nitrogens with zero attached hydrogens (tertiary/aromatic N) is 1. The van der Waals surface area contributed by atoms with E-state index in [4.69, 9.17) is 4.74 Å². The number of benzene rings is 1. The Bertz CT molecular complexity index is 508. The molecule has 0 radical (unpaired) electrons. The second-order valence-corrected chi connectivity index (χ2v) is 5.11. The highest BCUT2D eigenvalue weighted by molar-refractivity contribution is 5.83. The van der Waals surface area contributed by atoms with Crippen LogP contribution in [0, 0.1) is 5.92 Å². The van der Waals surface area contributed by atoms with Crippen molar-refractivity contribution in [2.45, 2.75) is 32.0 Å². The molecule has 0 aliphatic carbocycles. The fraction of sp³-hybridized carbons (Fsp3) is 0.471. The van der Waals surface area contributed by atoms with Crippen LogP contribution in [0.5, 0.6) is 0 Å². The monoisotopic (exact) mass is 327 g/mol. The van der Waals surface area contributed by atoms with Crippen molar-refractivity contribution in [1.82, 2.24) is 5.06 Å². The number of carbonyl (C=O) groups is 1. The molecule has 4 nitrogen and oxygen atoms in total. The van der Waals surface area contributed by atoms with Gasteiger partial charge in [0.15, 0.2) is 0 Å². The van der Waals surface area contributed by atoms with Gasteiger partial charge in [-0.15, -0.1) is 6.58 Å². The number of amides is 1. The van der Waals surface area contributed by atoms with E-state index in [0.717, 1.165) is 25.8 Å². The fourth-order valence-corrected chi connectivity index (χ4v) is 2.22. The minimum atomic E-state index is -3.66. The van der Waals surface area contributed by atoms with E-state index in [1.54, 1.807) is 6.92 Å². The molecule has 0 saturated heterocycles. The number of ether oxygens (including phenoxy) is 1. The maximum Gasteiger partial charge on any atom is 0.335 e. The first-order chi connectivity index (χ1) is 10.9. The van der Waals surface area contributed by atoms with Gasteiger partial charge in [-0.25, -0.2) is 5.06 Å². The Morgan fingerprint density at radius 3 is 2.48 bits per heavy atom. The molecule has 0 unspecified atom stereocenters. The van der Waals surface area contributed by atoms with Gasteiger partial charge in [-0.1, -0.05) is 43.3 Å². The number of hydrogen-bond acceptors (Lipinski definition) is 3. The second-order valence-electron chi connectivity index (χ2n) is 5.11. The highest BCUT2D eigenvalue weighted by Crippen LogP contribution is 2.33. The van der Waals surface area contributed by atoms with E-state index in [0.29, 0.717) is 11.5 Å². The maximum absolute atomic E-state index is 14.5. The van der Waals surface area contributed by atoms with Crippen molar-refractivity contribution in [3.63, 3.8) is 0 Å². The minimum absolute atomic E-state index is 0.189. The van der Waals surface area contributed by atoms with Crippen LogP contribution in [0.3, 0.4) is 0 Å². The average molecular weight is 327 g/mol. The second kappa shape index (κ2) is 8.74. The highest BCUT2D eigenvalue weighted by Gasteiger charge is 2.51. The summed E-state index contributed by atoms with van der Waals surface area (Å²) in [4.78, 5) is 16.4. The Morgan fingerprint density at radius 1 is 1.39 bits per heavy atom. The Morgan fingerprint density at radius 2 is 2.00 bits per heavy atom. The van der Waals surface area contributed by atoms with E-state index >= 15 is 0 Å². The molecule has 1 aromatic carbocycles. The summed E-state index contributed by atoms with van der Waals surface area (Å²) in [6.07, 6.45) is 0.556. The number of hydroxylamine groups is 2. The first kappa shape index (κ1) is 19.3. The Balaban J connectivity index is 2.86. The minimum Gasteiger partial charge on any atom is -0.373 e. The topological polar surface area (TPSA) is 38.8 Å². The summed E-state index contributed by atoms with van der Waals surface area (Å²) in [5.74, 6) is -6.53. The molecule has 0 aliphatic heterocycles. The number of alkyl halides is 2. The average Bonchev–Trinajstić information content (AvgIpc) is 2.57. The van der Waals surface area contributed by atoms with E-state index in [1.165, 1.54) is 0 Å². The third-order valence-corrected chi connectivity index (χ3v) is 3.63. The molecule has 0 aliphatic rings. The zero-order chi connectivity index (χ0) is 17.5. The van der Waals surface area contributed by atoms with Gasteiger partial charge in [0, 0.05) is 7.05 Å². The first-order valence-electron chi connectivity index (χ1n) is 7.36. The van der Waals surface area contributed by atoms with E-state index in [9.17, 15) is 13.6 Å². The molecule has 0 saturated carbocycles. The molecule has 0 bridgehead atoms. The Hall–Kier alpha value is -1.79. The van der Waals surface area contributed by atoms with Crippen molar-refractivity contribution < 1.29 is 23.1 Å². The van der Waals surface area contributed by atoms with Crippen LogP contribution in [-0.4, -0.2) is 37.2 Å². The van der Waals surface area contributed by atoms with Crippen molar-refractivity contribution in [3.05, 3.63) is 48.6 Å². The molecular formula is C17H23F2NO3. The summed E-state index contributed by atoms with van der Waals surface area (Å²) in [6.45, 7) is 5.36. The molecule has 0 fully saturated rings. The highest BCUT2D eigenvalue weighted by atomic mass is 19.3. The van der Waals surface area contributed by atoms with Crippen LogP contribution in [0.15, 0.2) is 43.0 Å². The summed E-state index contributed by atoms with van der Waals surface area (Å²) in [5.41, 5.74) is 0.873. The molecule has 0 spiro atoms. The van der Waals surface area contributed by atoms with E-state index < -0.39 is 23.9 Å². The summed E-state index contributed by atoms with van der Waals surface area (Å²) < 4.78 is 34.5. The number of hydrogen-bond donors (Lipinski definition) is 0. The van der Waals surface area contributed by atoms with Gasteiger partial charge in [-0.3, -0.25) is 9.63 Å². The predicted molar refractivity (Wildman–Crippen MR) is 83.7 cm³/mol. The zero-order valence-electron chi connectivity index (χ0n) is 13.7. The van der Waals surface area contributed by atoms with Crippen molar-refractivity contribution in [3.8, 4) is 0 Å². The lowest BCUT2D eigenvalue weighted by Crippen LogP contribution is -2.49. The van der Waals surface area contributed by atoms with Crippen LogP contribution < -0.4 is 0 Å². The lowest BCUT2D eigenvalue weighted by Gasteiger charge is -2.31. The first-order valence-corrected chi connectivity index (χ1v) is 7.36. The molecule has 1 amide bonds. The Labute approximate surface area is 135 Å². The van der Waals surface area contributed by atoms with Gasteiger partial charge in [-0.05, 0) is 12.0 Å². The van der Waals surface area contributed by atoms with Gasteiger partial charge in [0.2, 0.25) is 0 Å². The van der Waals surface area contributed by atoms with Gasteiger partial charge in [0.25, 0.3) is 0 Å². The molecule has 23 heavy (non-hydrogen) atoms. The molecule has 1 aromatic rings. The van der Waals surface area contributed by atoms with Crippen molar-refractivity contribution in [2.24, 2.45) is 5.92 Å². The molecule has 2 atom stereocenters. The smallest absolute Gasteiger partial charge is 0.335 e. The molecular weight excluding hydrogens is 304 g/mol. The standard InChI is InChI=1S/C17H23F2NO3/c1-5-14(17(18,19)16(21)20(3)22-4)15(6-2)23-12-13-10-8-7-9-11-13/h5,7-11,14-15H,1,6,12H2,2-4H3/t14-,15-/m0/s1. The van der Waals surface area contributed by atoms with Gasteiger partial charge in [-0.2, -0.15) is 8.78 Å². The lowest BCUT2D eigenvalue weighted by molar-refractivity contribution is -0.205. The quantitative estimate of drug-likeness (QED) is 0.515. The van der Waals surface area contributed by atoms with E-state index in [-0.39, 0.29) is 6.61 Å². The molecule has 128 valence electrons. The largest absolute Gasteiger partial charge is 0.373 e. The van der Waals surface area contributed by atoms with Crippen LogP contribution >= 0.6 is 0 Å². The Kier molecular flexibility index (Phi) is 7.32. The van der Waals surface area contributed by atoms with Crippen LogP contribution in [-0.2, 0) is 21.0 Å². The maximum atomic E-state index is 14.5. The normalized spacial score (nSPS) is 14.1. The summed E-state index contributed by atoms with van der Waals surface area (Å²) in [5, 5.41) is 0.514. The third-order valence-electron chi connectivity index (χ3n) is 3.63. The van der Waals surface area contributed by atoms with Crippen LogP contribution in [0.25, 0.3) is 0 Å². The number of carbonyl (C=O) groups excluding carboxylic acids is 1. The van der Waals surface area contributed by atoms with Crippen molar-refractivity contribution >= 4 is 5.91 Å². The summed E-state index contributed by atoms with van der Waals surface area (Å²) in [6, 6.07) is 9.24. The molecule has 1 rings (SSSR count). The molecule has 0 aromatic heterocycles. The van der Waals surface area contributed by atoms with Crippen molar-refractivity contribution in [1.29, 1.82) is 0 Å². The summed E-state index contributed by atoms with van der Waals surface area (Å²) >= 11 is 0. The van der Waals surface area contributed by atoms with Gasteiger partial charge in [0.1, 0.15) is 0 Å². The predicted octanol–water partition coefficient (Wildman–Crippen LogP) is 3.44. The molecule has 0 N–H and O–H groups in total. The number of rotatable bonds is 9. The van der Waals surface area contributed by atoms with E-state index in [2.05, 4.69) is 11.4 Å². The SMILES string of the molecule is C=C[C@@H]([C@H](CC)OCc1ccccc1)C(F)(F)C(=O)N(C)OC. The summed E-state index contributed by atoms with van der Waals surface area (Å²) in [7, 11) is 2.29. The van der Waals surface area contributed by atoms with Crippen LogP contribution in [0.4, 0.5) is 8.78 Å². The van der Waals surface area contributed by atoms with Crippen LogP contribution in [0.2, 0.25) is 0 Å². The van der Waals surface area contributed by atoms with Gasteiger partial charge < -0.3 is 4.74 Å². The molecule has 6 heteroatoms. The van der Waals surface area contributed by atoms with Crippen molar-refractivity contribution in [2.75, 3.05) is 14.2 Å². The van der Waals surface area contributed by atoms with Gasteiger partial charge in [0.05, 0.1) is 25.7 Å². The van der Waals surface area contributed by atoms with Gasteiger partial charge >= 0.3 is 11.8 Å².